The van der Waals surface area contributed by atoms with Crippen molar-refractivity contribution in [3.8, 4) is 0 Å². The number of amides is 1. The second-order valence-corrected chi connectivity index (χ2v) is 5.73. The van der Waals surface area contributed by atoms with Crippen LogP contribution in [0, 0.1) is 5.92 Å². The van der Waals surface area contributed by atoms with Gasteiger partial charge < -0.3 is 16.2 Å². The number of aromatic amines is 1. The standard InChI is InChI=1S/C15H18N4O3/c16-14(20)13-11-7-10(5-6-12(11)18-19-13)17-9-3-1-8(2-4-9)15(21)22/h5-9,17H,1-4H2,(H2,16,20)(H,18,19)(H,21,22). The summed E-state index contributed by atoms with van der Waals surface area (Å²) in [4.78, 5) is 22.3. The zero-order valence-electron chi connectivity index (χ0n) is 12.0. The highest BCUT2D eigenvalue weighted by molar-refractivity contribution is 6.04. The van der Waals surface area contributed by atoms with Crippen LogP contribution in [0.3, 0.4) is 0 Å². The Morgan fingerprint density at radius 2 is 2.00 bits per heavy atom. The lowest BCUT2D eigenvalue weighted by molar-refractivity contribution is -0.142. The van der Waals surface area contributed by atoms with Crippen molar-refractivity contribution >= 4 is 28.5 Å². The van der Waals surface area contributed by atoms with Gasteiger partial charge >= 0.3 is 5.97 Å². The SMILES string of the molecule is NC(=O)c1n[nH]c2ccc(NC3CCC(C(=O)O)CC3)cc12. The minimum atomic E-state index is -0.704. The molecular weight excluding hydrogens is 284 g/mol. The number of carboxylic acids is 1. The van der Waals surface area contributed by atoms with Crippen LogP contribution in [0.15, 0.2) is 18.2 Å². The van der Waals surface area contributed by atoms with Crippen LogP contribution < -0.4 is 11.1 Å². The van der Waals surface area contributed by atoms with Gasteiger partial charge in [0.15, 0.2) is 5.69 Å². The molecule has 3 rings (SSSR count). The normalized spacial score (nSPS) is 21.6. The number of nitrogens with one attached hydrogen (secondary N) is 2. The number of carboxylic acid groups (broad SMARTS) is 1. The number of nitrogens with zero attached hydrogens (tertiary/aromatic N) is 1. The highest BCUT2D eigenvalue weighted by Gasteiger charge is 2.25. The number of anilines is 1. The van der Waals surface area contributed by atoms with Crippen molar-refractivity contribution in [1.29, 1.82) is 0 Å². The first kappa shape index (κ1) is 14.4. The van der Waals surface area contributed by atoms with Crippen molar-refractivity contribution in [3.63, 3.8) is 0 Å². The van der Waals surface area contributed by atoms with Gasteiger partial charge in [0.1, 0.15) is 0 Å². The molecule has 7 nitrogen and oxygen atoms in total. The Kier molecular flexibility index (Phi) is 3.70. The van der Waals surface area contributed by atoms with Crippen LogP contribution in [0.1, 0.15) is 36.2 Å². The molecule has 1 heterocycles. The highest BCUT2D eigenvalue weighted by Crippen LogP contribution is 2.28. The minimum absolute atomic E-state index is 0.226. The van der Waals surface area contributed by atoms with Gasteiger partial charge in [0.05, 0.1) is 11.4 Å². The first-order chi connectivity index (χ1) is 10.5. The van der Waals surface area contributed by atoms with Crippen LogP contribution in [0.2, 0.25) is 0 Å². The van der Waals surface area contributed by atoms with E-state index in [-0.39, 0.29) is 17.7 Å². The average molecular weight is 302 g/mol. The molecule has 1 aromatic heterocycles. The molecule has 1 fully saturated rings. The lowest BCUT2D eigenvalue weighted by Gasteiger charge is -2.27. The molecule has 116 valence electrons. The molecule has 1 aliphatic carbocycles. The van der Waals surface area contributed by atoms with Crippen molar-refractivity contribution in [2.45, 2.75) is 31.7 Å². The Hall–Kier alpha value is -2.57. The molecule has 0 spiro atoms. The number of carbonyl (C=O) groups excluding carboxylic acids is 1. The van der Waals surface area contributed by atoms with E-state index in [1.165, 1.54) is 0 Å². The number of carbonyl (C=O) groups is 2. The third kappa shape index (κ3) is 2.74. The van der Waals surface area contributed by atoms with Gasteiger partial charge in [-0.05, 0) is 43.9 Å². The zero-order chi connectivity index (χ0) is 15.7. The first-order valence-electron chi connectivity index (χ1n) is 7.32. The topological polar surface area (TPSA) is 121 Å². The number of benzene rings is 1. The predicted molar refractivity (Wildman–Crippen MR) is 81.6 cm³/mol. The number of hydrogen-bond acceptors (Lipinski definition) is 4. The summed E-state index contributed by atoms with van der Waals surface area (Å²) in [7, 11) is 0. The van der Waals surface area contributed by atoms with Crippen LogP contribution in [-0.2, 0) is 4.79 Å². The zero-order valence-corrected chi connectivity index (χ0v) is 12.0. The predicted octanol–water partition coefficient (Wildman–Crippen LogP) is 1.72. The number of aliphatic carboxylic acids is 1. The largest absolute Gasteiger partial charge is 0.481 e. The van der Waals surface area contributed by atoms with E-state index in [4.69, 9.17) is 10.8 Å². The lowest BCUT2D eigenvalue weighted by Crippen LogP contribution is -2.29. The van der Waals surface area contributed by atoms with Crippen molar-refractivity contribution < 1.29 is 14.7 Å². The minimum Gasteiger partial charge on any atom is -0.481 e. The molecule has 2 aromatic rings. The Morgan fingerprint density at radius 3 is 2.64 bits per heavy atom. The second-order valence-electron chi connectivity index (χ2n) is 5.73. The van der Waals surface area contributed by atoms with Gasteiger partial charge in [-0.1, -0.05) is 0 Å². The second kappa shape index (κ2) is 5.67. The molecule has 22 heavy (non-hydrogen) atoms. The molecule has 0 aliphatic heterocycles. The molecule has 0 bridgehead atoms. The molecule has 5 N–H and O–H groups in total. The van der Waals surface area contributed by atoms with Gasteiger partial charge in [-0.15, -0.1) is 0 Å². The van der Waals surface area contributed by atoms with E-state index in [0.717, 1.165) is 24.0 Å². The number of rotatable bonds is 4. The molecule has 0 radical (unpaired) electrons. The summed E-state index contributed by atoms with van der Waals surface area (Å²) in [5, 5.41) is 19.8. The van der Waals surface area contributed by atoms with E-state index in [2.05, 4.69) is 15.5 Å². The fraction of sp³-hybridized carbons (Fsp3) is 0.400. The van der Waals surface area contributed by atoms with E-state index >= 15 is 0 Å². The summed E-state index contributed by atoms with van der Waals surface area (Å²) < 4.78 is 0. The average Bonchev–Trinajstić information content (AvgIpc) is 2.91. The molecule has 0 atom stereocenters. The molecule has 7 heteroatoms. The van der Waals surface area contributed by atoms with Crippen LogP contribution in [-0.4, -0.2) is 33.2 Å². The third-order valence-corrected chi connectivity index (χ3v) is 4.24. The molecule has 0 saturated heterocycles. The fourth-order valence-electron chi connectivity index (χ4n) is 3.01. The summed E-state index contributed by atoms with van der Waals surface area (Å²) in [5.41, 5.74) is 7.18. The Morgan fingerprint density at radius 1 is 1.27 bits per heavy atom. The Balaban J connectivity index is 1.73. The summed E-state index contributed by atoms with van der Waals surface area (Å²) >= 11 is 0. The van der Waals surface area contributed by atoms with E-state index in [1.807, 2.05) is 18.2 Å². The number of primary amides is 1. The number of nitrogens with two attached hydrogens (primary N) is 1. The molecule has 0 unspecified atom stereocenters. The van der Waals surface area contributed by atoms with E-state index in [9.17, 15) is 9.59 Å². The van der Waals surface area contributed by atoms with E-state index < -0.39 is 11.9 Å². The maximum Gasteiger partial charge on any atom is 0.306 e. The first-order valence-corrected chi connectivity index (χ1v) is 7.32. The molecule has 1 aliphatic rings. The third-order valence-electron chi connectivity index (χ3n) is 4.24. The van der Waals surface area contributed by atoms with Gasteiger partial charge in [-0.2, -0.15) is 5.10 Å². The smallest absolute Gasteiger partial charge is 0.306 e. The molecule has 1 saturated carbocycles. The molecular formula is C15H18N4O3. The van der Waals surface area contributed by atoms with Crippen LogP contribution in [0.25, 0.3) is 10.9 Å². The summed E-state index contributed by atoms with van der Waals surface area (Å²) in [6, 6.07) is 5.86. The van der Waals surface area contributed by atoms with Crippen LogP contribution in [0.5, 0.6) is 0 Å². The van der Waals surface area contributed by atoms with Crippen molar-refractivity contribution in [2.24, 2.45) is 11.7 Å². The summed E-state index contributed by atoms with van der Waals surface area (Å²) in [5.74, 6) is -1.49. The van der Waals surface area contributed by atoms with Gasteiger partial charge in [-0.25, -0.2) is 0 Å². The van der Waals surface area contributed by atoms with E-state index in [0.29, 0.717) is 18.2 Å². The summed E-state index contributed by atoms with van der Waals surface area (Å²) in [6.07, 6.45) is 3.02. The van der Waals surface area contributed by atoms with Gasteiger partial charge in [0, 0.05) is 17.1 Å². The van der Waals surface area contributed by atoms with Gasteiger partial charge in [0.2, 0.25) is 0 Å². The monoisotopic (exact) mass is 302 g/mol. The maximum atomic E-state index is 11.3. The van der Waals surface area contributed by atoms with Crippen molar-refractivity contribution in [2.75, 3.05) is 5.32 Å². The van der Waals surface area contributed by atoms with Gasteiger partial charge in [-0.3, -0.25) is 14.7 Å². The molecule has 1 aromatic carbocycles. The van der Waals surface area contributed by atoms with Gasteiger partial charge in [0.25, 0.3) is 5.91 Å². The Labute approximate surface area is 126 Å². The van der Waals surface area contributed by atoms with Crippen molar-refractivity contribution in [3.05, 3.63) is 23.9 Å². The van der Waals surface area contributed by atoms with Crippen LogP contribution >= 0.6 is 0 Å². The number of hydrogen-bond donors (Lipinski definition) is 4. The fourth-order valence-corrected chi connectivity index (χ4v) is 3.01. The number of aromatic nitrogens is 2. The maximum absolute atomic E-state index is 11.3. The van der Waals surface area contributed by atoms with Crippen molar-refractivity contribution in [1.82, 2.24) is 10.2 Å². The summed E-state index contributed by atoms with van der Waals surface area (Å²) in [6.45, 7) is 0. The van der Waals surface area contributed by atoms with Crippen LogP contribution in [0.4, 0.5) is 5.69 Å². The Bertz CT molecular complexity index is 717. The lowest BCUT2D eigenvalue weighted by atomic mass is 9.86. The quantitative estimate of drug-likeness (QED) is 0.685. The van der Waals surface area contributed by atoms with E-state index in [1.54, 1.807) is 0 Å². The highest BCUT2D eigenvalue weighted by atomic mass is 16.4. The number of H-pyrrole nitrogens is 1. The number of fused-ring (bicyclic) bond motifs is 1. The molecule has 1 amide bonds.